The van der Waals surface area contributed by atoms with Gasteiger partial charge in [0.1, 0.15) is 0 Å². The van der Waals surface area contributed by atoms with Gasteiger partial charge in [-0.05, 0) is 6.92 Å². The van der Waals surface area contributed by atoms with E-state index in [0.717, 1.165) is 4.31 Å². The number of carboxylic acids is 1. The van der Waals surface area contributed by atoms with E-state index in [1.165, 1.54) is 20.9 Å². The lowest BCUT2D eigenvalue weighted by Crippen LogP contribution is -2.34. The molecular weight excluding hydrogens is 194 g/mol. The number of nitrogens with zero attached hydrogens (tertiary/aromatic N) is 1. The summed E-state index contributed by atoms with van der Waals surface area (Å²) in [6, 6.07) is 0. The largest absolute Gasteiger partial charge is 0.481 e. The molecule has 1 unspecified atom stereocenters. The summed E-state index contributed by atoms with van der Waals surface area (Å²) >= 11 is 0. The molecule has 0 heterocycles. The average molecular weight is 209 g/mol. The van der Waals surface area contributed by atoms with Crippen molar-refractivity contribution in [3.63, 3.8) is 0 Å². The van der Waals surface area contributed by atoms with Crippen molar-refractivity contribution in [3.8, 4) is 0 Å². The molecule has 0 rings (SSSR count). The van der Waals surface area contributed by atoms with E-state index >= 15 is 0 Å². The van der Waals surface area contributed by atoms with Crippen LogP contribution in [-0.2, 0) is 14.8 Å². The van der Waals surface area contributed by atoms with Crippen LogP contribution in [0.5, 0.6) is 0 Å². The van der Waals surface area contributed by atoms with Gasteiger partial charge in [-0.15, -0.1) is 0 Å². The van der Waals surface area contributed by atoms with Crippen molar-refractivity contribution in [1.82, 2.24) is 4.31 Å². The summed E-state index contributed by atoms with van der Waals surface area (Å²) in [6.07, 6.45) is 0. The van der Waals surface area contributed by atoms with E-state index in [2.05, 4.69) is 0 Å². The molecule has 5 nitrogen and oxygen atoms in total. The van der Waals surface area contributed by atoms with Crippen LogP contribution in [0, 0.1) is 5.92 Å². The summed E-state index contributed by atoms with van der Waals surface area (Å²) in [5.74, 6) is -1.67. The Kier molecular flexibility index (Phi) is 4.35. The summed E-state index contributed by atoms with van der Waals surface area (Å²) in [6.45, 7) is 3.02. The molecule has 0 saturated carbocycles. The van der Waals surface area contributed by atoms with Gasteiger partial charge in [0.2, 0.25) is 10.0 Å². The Bertz CT molecular complexity index is 272. The predicted molar refractivity (Wildman–Crippen MR) is 48.9 cm³/mol. The van der Waals surface area contributed by atoms with Crippen LogP contribution in [0.1, 0.15) is 13.8 Å². The van der Waals surface area contributed by atoms with Crippen molar-refractivity contribution < 1.29 is 18.3 Å². The molecule has 0 spiro atoms. The van der Waals surface area contributed by atoms with Crippen molar-refractivity contribution >= 4 is 16.0 Å². The van der Waals surface area contributed by atoms with E-state index < -0.39 is 21.9 Å². The second-order valence-corrected chi connectivity index (χ2v) is 5.28. The fourth-order valence-electron chi connectivity index (χ4n) is 0.798. The number of hydrogen-bond donors (Lipinski definition) is 1. The Morgan fingerprint density at radius 2 is 2.00 bits per heavy atom. The molecule has 0 fully saturated rings. The first-order valence-corrected chi connectivity index (χ1v) is 5.59. The van der Waals surface area contributed by atoms with E-state index in [-0.39, 0.29) is 12.3 Å². The Hall–Kier alpha value is -0.620. The van der Waals surface area contributed by atoms with E-state index in [0.29, 0.717) is 0 Å². The molecule has 0 aliphatic heterocycles. The van der Waals surface area contributed by atoms with E-state index in [1.54, 1.807) is 0 Å². The molecule has 0 aliphatic carbocycles. The molecule has 0 amide bonds. The Morgan fingerprint density at radius 1 is 1.54 bits per heavy atom. The zero-order chi connectivity index (χ0) is 10.6. The third-order valence-electron chi connectivity index (χ3n) is 1.79. The highest BCUT2D eigenvalue weighted by Gasteiger charge is 2.20. The highest BCUT2D eigenvalue weighted by Crippen LogP contribution is 2.03. The molecule has 6 heteroatoms. The van der Waals surface area contributed by atoms with Gasteiger partial charge < -0.3 is 5.11 Å². The smallest absolute Gasteiger partial charge is 0.307 e. The van der Waals surface area contributed by atoms with Gasteiger partial charge in [0.05, 0.1) is 11.7 Å². The highest BCUT2D eigenvalue weighted by molar-refractivity contribution is 7.89. The van der Waals surface area contributed by atoms with Crippen molar-refractivity contribution in [1.29, 1.82) is 0 Å². The molecule has 13 heavy (non-hydrogen) atoms. The highest BCUT2D eigenvalue weighted by atomic mass is 32.2. The molecule has 78 valence electrons. The van der Waals surface area contributed by atoms with Crippen LogP contribution in [-0.4, -0.2) is 43.1 Å². The van der Waals surface area contributed by atoms with Crippen molar-refractivity contribution in [2.75, 3.05) is 19.3 Å². The number of carboxylic acid groups (broad SMARTS) is 1. The lowest BCUT2D eigenvalue weighted by Gasteiger charge is -2.17. The maximum absolute atomic E-state index is 11.2. The maximum Gasteiger partial charge on any atom is 0.307 e. The van der Waals surface area contributed by atoms with Gasteiger partial charge in [0.25, 0.3) is 0 Å². The molecule has 0 aromatic heterocycles. The number of aliphatic carboxylic acids is 1. The van der Waals surface area contributed by atoms with Gasteiger partial charge in [-0.3, -0.25) is 4.79 Å². The minimum atomic E-state index is -3.26. The summed E-state index contributed by atoms with van der Waals surface area (Å²) in [5, 5.41) is 8.55. The summed E-state index contributed by atoms with van der Waals surface area (Å²) in [4.78, 5) is 10.4. The van der Waals surface area contributed by atoms with Crippen LogP contribution < -0.4 is 0 Å². The topological polar surface area (TPSA) is 74.7 Å². The normalized spacial score (nSPS) is 14.5. The molecule has 1 N–H and O–H groups in total. The standard InChI is InChI=1S/C7H15NO4S/c1-4-13(11,12)8(3)5-6(2)7(9)10/h6H,4-5H2,1-3H3,(H,9,10). The third-order valence-corrected chi connectivity index (χ3v) is 3.62. The van der Waals surface area contributed by atoms with Gasteiger partial charge in [-0.1, -0.05) is 6.92 Å². The molecule has 0 radical (unpaired) electrons. The van der Waals surface area contributed by atoms with Gasteiger partial charge >= 0.3 is 5.97 Å². The number of carbonyl (C=O) groups is 1. The van der Waals surface area contributed by atoms with E-state index in [9.17, 15) is 13.2 Å². The van der Waals surface area contributed by atoms with Gasteiger partial charge in [-0.2, -0.15) is 0 Å². The third kappa shape index (κ3) is 3.73. The zero-order valence-corrected chi connectivity index (χ0v) is 8.84. The van der Waals surface area contributed by atoms with Gasteiger partial charge in [0, 0.05) is 13.6 Å². The lowest BCUT2D eigenvalue weighted by molar-refractivity contribution is -0.141. The van der Waals surface area contributed by atoms with Crippen LogP contribution in [0.2, 0.25) is 0 Å². The zero-order valence-electron chi connectivity index (χ0n) is 8.02. The van der Waals surface area contributed by atoms with Crippen molar-refractivity contribution in [3.05, 3.63) is 0 Å². The van der Waals surface area contributed by atoms with Crippen LogP contribution >= 0.6 is 0 Å². The minimum Gasteiger partial charge on any atom is -0.481 e. The monoisotopic (exact) mass is 209 g/mol. The van der Waals surface area contributed by atoms with Crippen molar-refractivity contribution in [2.24, 2.45) is 5.92 Å². The summed E-state index contributed by atoms with van der Waals surface area (Å²) in [7, 11) is -1.87. The molecule has 0 bridgehead atoms. The SMILES string of the molecule is CCS(=O)(=O)N(C)CC(C)C(=O)O. The van der Waals surface area contributed by atoms with Crippen LogP contribution in [0.3, 0.4) is 0 Å². The van der Waals surface area contributed by atoms with E-state index in [1.807, 2.05) is 0 Å². The fraction of sp³-hybridized carbons (Fsp3) is 0.857. The lowest BCUT2D eigenvalue weighted by atomic mass is 10.2. The van der Waals surface area contributed by atoms with E-state index in [4.69, 9.17) is 5.11 Å². The quantitative estimate of drug-likeness (QED) is 0.691. The summed E-state index contributed by atoms with van der Waals surface area (Å²) < 4.78 is 23.5. The predicted octanol–water partition coefficient (Wildman–Crippen LogP) is -0.0114. The van der Waals surface area contributed by atoms with Gasteiger partial charge in [-0.25, -0.2) is 12.7 Å². The second-order valence-electron chi connectivity index (χ2n) is 2.92. The molecular formula is C7H15NO4S. The Labute approximate surface area is 78.4 Å². The van der Waals surface area contributed by atoms with Crippen LogP contribution in [0.15, 0.2) is 0 Å². The first-order chi connectivity index (χ1) is 5.81. The molecule has 1 atom stereocenters. The summed E-state index contributed by atoms with van der Waals surface area (Å²) in [5.41, 5.74) is 0. The van der Waals surface area contributed by atoms with Crippen molar-refractivity contribution in [2.45, 2.75) is 13.8 Å². The molecule has 0 aliphatic rings. The molecule has 0 aromatic rings. The average Bonchev–Trinajstić information content (AvgIpc) is 2.04. The van der Waals surface area contributed by atoms with Crippen LogP contribution in [0.4, 0.5) is 0 Å². The first-order valence-electron chi connectivity index (χ1n) is 3.98. The molecule has 0 saturated heterocycles. The number of rotatable bonds is 5. The first kappa shape index (κ1) is 12.4. The maximum atomic E-state index is 11.2. The number of hydrogen-bond acceptors (Lipinski definition) is 3. The minimum absolute atomic E-state index is 0.00413. The second kappa shape index (κ2) is 4.57. The Balaban J connectivity index is 4.32. The number of sulfonamides is 1. The van der Waals surface area contributed by atoms with Crippen LogP contribution in [0.25, 0.3) is 0 Å². The van der Waals surface area contributed by atoms with Gasteiger partial charge in [0.15, 0.2) is 0 Å². The fourth-order valence-corrected chi connectivity index (χ4v) is 1.69. The Morgan fingerprint density at radius 3 is 2.31 bits per heavy atom. The molecule has 0 aromatic carbocycles.